The monoisotopic (exact) mass is 495 g/mol. The van der Waals surface area contributed by atoms with Crippen LogP contribution in [0.15, 0.2) is 67.3 Å². The van der Waals surface area contributed by atoms with Gasteiger partial charge in [-0.25, -0.2) is 9.97 Å². The third-order valence-corrected chi connectivity index (χ3v) is 6.51. The van der Waals surface area contributed by atoms with E-state index in [0.717, 1.165) is 55.1 Å². The fourth-order valence-electron chi connectivity index (χ4n) is 4.72. The average Bonchev–Trinajstić information content (AvgIpc) is 3.28. The van der Waals surface area contributed by atoms with E-state index in [1.165, 1.54) is 31.7 Å². The van der Waals surface area contributed by atoms with E-state index in [4.69, 9.17) is 4.74 Å². The molecule has 1 N–H and O–H groups in total. The molecule has 2 aliphatic rings. The van der Waals surface area contributed by atoms with E-state index in [0.29, 0.717) is 29.7 Å². The predicted molar refractivity (Wildman–Crippen MR) is 133 cm³/mol. The van der Waals surface area contributed by atoms with Crippen LogP contribution < -0.4 is 15.0 Å². The molecule has 6 nitrogen and oxygen atoms in total. The molecule has 36 heavy (non-hydrogen) atoms. The molecule has 0 saturated carbocycles. The van der Waals surface area contributed by atoms with Crippen molar-refractivity contribution in [1.29, 1.82) is 0 Å². The first kappa shape index (κ1) is 24.1. The van der Waals surface area contributed by atoms with Gasteiger partial charge in [0.1, 0.15) is 17.9 Å². The summed E-state index contributed by atoms with van der Waals surface area (Å²) in [5.74, 6) is 1.69. The highest BCUT2D eigenvalue weighted by Crippen LogP contribution is 2.36. The van der Waals surface area contributed by atoms with E-state index >= 15 is 0 Å². The number of nitrogens with zero attached hydrogens (tertiary/aromatic N) is 4. The minimum Gasteiger partial charge on any atom is -0.439 e. The van der Waals surface area contributed by atoms with Crippen molar-refractivity contribution in [1.82, 2.24) is 14.9 Å². The van der Waals surface area contributed by atoms with Crippen LogP contribution in [0.1, 0.15) is 36.1 Å². The number of hydrogen-bond donors (Lipinski definition) is 1. The topological polar surface area (TPSA) is 53.5 Å². The summed E-state index contributed by atoms with van der Waals surface area (Å²) in [5, 5.41) is 3.01. The lowest BCUT2D eigenvalue weighted by Crippen LogP contribution is -2.29. The second-order valence-corrected chi connectivity index (χ2v) is 9.13. The third-order valence-electron chi connectivity index (χ3n) is 6.51. The summed E-state index contributed by atoms with van der Waals surface area (Å²) in [6.07, 6.45) is 1.64. The second kappa shape index (κ2) is 10.2. The Morgan fingerprint density at radius 1 is 1.00 bits per heavy atom. The number of aromatic nitrogens is 2. The number of piperidine rings is 1. The van der Waals surface area contributed by atoms with Crippen molar-refractivity contribution in [2.45, 2.75) is 38.4 Å². The molecule has 0 amide bonds. The van der Waals surface area contributed by atoms with Crippen LogP contribution in [-0.2, 0) is 19.1 Å². The van der Waals surface area contributed by atoms with Crippen molar-refractivity contribution in [3.05, 3.63) is 84.1 Å². The Hall–Kier alpha value is -3.59. The van der Waals surface area contributed by atoms with Gasteiger partial charge in [-0.1, -0.05) is 19.1 Å². The summed E-state index contributed by atoms with van der Waals surface area (Å²) in [6, 6.07) is 12.8. The molecule has 0 atom stereocenters. The minimum atomic E-state index is -4.40. The van der Waals surface area contributed by atoms with Gasteiger partial charge in [-0.15, -0.1) is 0 Å². The fourth-order valence-corrected chi connectivity index (χ4v) is 4.72. The summed E-state index contributed by atoms with van der Waals surface area (Å²) in [6.45, 7) is 7.69. The molecular weight excluding hydrogens is 467 g/mol. The molecule has 1 aromatic heterocycles. The van der Waals surface area contributed by atoms with Crippen LogP contribution in [0, 0.1) is 0 Å². The highest BCUT2D eigenvalue weighted by atomic mass is 19.4. The van der Waals surface area contributed by atoms with E-state index in [-0.39, 0.29) is 0 Å². The van der Waals surface area contributed by atoms with Gasteiger partial charge in [-0.05, 0) is 74.3 Å². The van der Waals surface area contributed by atoms with E-state index in [9.17, 15) is 13.2 Å². The van der Waals surface area contributed by atoms with Crippen LogP contribution >= 0.6 is 0 Å². The zero-order valence-electron chi connectivity index (χ0n) is 19.9. The molecule has 1 saturated heterocycles. The van der Waals surface area contributed by atoms with Gasteiger partial charge in [0.25, 0.3) is 0 Å². The molecule has 0 unspecified atom stereocenters. The lowest BCUT2D eigenvalue weighted by atomic mass is 10.1. The van der Waals surface area contributed by atoms with Crippen LogP contribution in [0.3, 0.4) is 0 Å². The van der Waals surface area contributed by atoms with Crippen LogP contribution in [-0.4, -0.2) is 34.5 Å². The Kier molecular flexibility index (Phi) is 6.82. The van der Waals surface area contributed by atoms with Crippen molar-refractivity contribution in [3.63, 3.8) is 0 Å². The normalized spacial score (nSPS) is 16.0. The smallest absolute Gasteiger partial charge is 0.416 e. The second-order valence-electron chi connectivity index (χ2n) is 9.13. The third kappa shape index (κ3) is 5.62. The summed E-state index contributed by atoms with van der Waals surface area (Å²) in [4.78, 5) is 13.0. The van der Waals surface area contributed by atoms with Crippen molar-refractivity contribution in [2.24, 2.45) is 0 Å². The molecule has 9 heteroatoms. The molecule has 188 valence electrons. The molecule has 3 heterocycles. The summed E-state index contributed by atoms with van der Waals surface area (Å²) in [5.41, 5.74) is 2.59. The molecule has 1 fully saturated rings. The lowest BCUT2D eigenvalue weighted by Gasteiger charge is -2.25. The fraction of sp³-hybridized carbons (Fsp3) is 0.333. The quantitative estimate of drug-likeness (QED) is 0.420. The zero-order valence-corrected chi connectivity index (χ0v) is 19.9. The molecule has 0 radical (unpaired) electrons. The molecule has 0 spiro atoms. The highest BCUT2D eigenvalue weighted by Gasteiger charge is 2.30. The number of ether oxygens (including phenoxy) is 1. The first-order chi connectivity index (χ1) is 17.3. The van der Waals surface area contributed by atoms with E-state index in [2.05, 4.69) is 26.8 Å². The Balaban J connectivity index is 1.24. The van der Waals surface area contributed by atoms with Gasteiger partial charge in [0.05, 0.1) is 11.3 Å². The highest BCUT2D eigenvalue weighted by molar-refractivity contribution is 5.66. The summed E-state index contributed by atoms with van der Waals surface area (Å²) in [7, 11) is 0. The number of anilines is 2. The average molecular weight is 496 g/mol. The zero-order chi connectivity index (χ0) is 25.1. The summed E-state index contributed by atoms with van der Waals surface area (Å²) >= 11 is 0. The maximum Gasteiger partial charge on any atom is 0.416 e. The van der Waals surface area contributed by atoms with Crippen LogP contribution in [0.5, 0.6) is 11.6 Å². The first-order valence-electron chi connectivity index (χ1n) is 12.1. The van der Waals surface area contributed by atoms with Crippen LogP contribution in [0.25, 0.3) is 0 Å². The van der Waals surface area contributed by atoms with Gasteiger partial charge in [0, 0.05) is 30.5 Å². The van der Waals surface area contributed by atoms with E-state index in [1.54, 1.807) is 6.07 Å². The van der Waals surface area contributed by atoms with Crippen molar-refractivity contribution < 1.29 is 17.9 Å². The maximum atomic E-state index is 13.0. The molecule has 5 rings (SSSR count). The standard InChI is InChI=1S/C27H28F3N5O/c1-19(33-22-7-5-6-21(15-22)27(28,29)30)35-13-10-20-14-24(8-9-25(20)35)36-26-16-23(31-18-32-26)17-34-11-3-2-4-12-34/h5-9,14-16,18,33H,1-4,10-13,17H2. The number of likely N-dealkylation sites (tertiary alicyclic amines) is 1. The molecular formula is C27H28F3N5O. The van der Waals surface area contributed by atoms with Crippen molar-refractivity contribution >= 4 is 11.4 Å². The lowest BCUT2D eigenvalue weighted by molar-refractivity contribution is -0.137. The van der Waals surface area contributed by atoms with E-state index < -0.39 is 11.7 Å². The Morgan fingerprint density at radius 3 is 2.64 bits per heavy atom. The maximum absolute atomic E-state index is 13.0. The van der Waals surface area contributed by atoms with E-state index in [1.807, 2.05) is 29.2 Å². The van der Waals surface area contributed by atoms with Gasteiger partial charge in [0.2, 0.25) is 5.88 Å². The van der Waals surface area contributed by atoms with Crippen molar-refractivity contribution in [2.75, 3.05) is 29.9 Å². The summed E-state index contributed by atoms with van der Waals surface area (Å²) < 4.78 is 45.2. The minimum absolute atomic E-state index is 0.340. The molecule has 3 aromatic rings. The number of hydrogen-bond acceptors (Lipinski definition) is 6. The number of nitrogens with one attached hydrogen (secondary N) is 1. The molecule has 2 aromatic carbocycles. The predicted octanol–water partition coefficient (Wildman–Crippen LogP) is 6.22. The molecule has 2 aliphatic heterocycles. The Morgan fingerprint density at radius 2 is 1.83 bits per heavy atom. The van der Waals surface area contributed by atoms with Gasteiger partial charge >= 0.3 is 6.18 Å². The molecule has 0 aliphatic carbocycles. The van der Waals surface area contributed by atoms with Gasteiger partial charge in [-0.3, -0.25) is 4.90 Å². The number of alkyl halides is 3. The number of fused-ring (bicyclic) bond motifs is 1. The Labute approximate surface area is 208 Å². The first-order valence-corrected chi connectivity index (χ1v) is 12.1. The van der Waals surface area contributed by atoms with Crippen molar-refractivity contribution in [3.8, 4) is 11.6 Å². The Bertz CT molecular complexity index is 1240. The molecule has 0 bridgehead atoms. The van der Waals surface area contributed by atoms with Crippen LogP contribution in [0.4, 0.5) is 24.5 Å². The SMILES string of the molecule is C=C(Nc1cccc(C(F)(F)F)c1)N1CCc2cc(Oc3cc(CN4CCCCC4)ncn3)ccc21. The number of rotatable bonds is 7. The van der Waals surface area contributed by atoms with Gasteiger partial charge < -0.3 is 15.0 Å². The number of benzene rings is 2. The largest absolute Gasteiger partial charge is 0.439 e. The number of halogens is 3. The van der Waals surface area contributed by atoms with Gasteiger partial charge in [-0.2, -0.15) is 13.2 Å². The van der Waals surface area contributed by atoms with Crippen LogP contribution in [0.2, 0.25) is 0 Å². The van der Waals surface area contributed by atoms with Gasteiger partial charge in [0.15, 0.2) is 0 Å².